The van der Waals surface area contributed by atoms with E-state index in [1.54, 1.807) is 12.1 Å². The highest BCUT2D eigenvalue weighted by Gasteiger charge is 2.36. The number of carbonyl (C=O) groups is 4. The van der Waals surface area contributed by atoms with Gasteiger partial charge in [-0.1, -0.05) is 0 Å². The average Bonchev–Trinajstić information content (AvgIpc) is 3.33. The number of rotatable bonds is 5. The zero-order valence-electron chi connectivity index (χ0n) is 16.3. The number of carbonyl (C=O) groups excluding carboxylic acids is 4. The van der Waals surface area contributed by atoms with Crippen LogP contribution in [0.5, 0.6) is 0 Å². The number of amides is 4. The van der Waals surface area contributed by atoms with Crippen molar-refractivity contribution in [3.05, 3.63) is 83.1 Å². The van der Waals surface area contributed by atoms with Gasteiger partial charge in [0, 0.05) is 18.2 Å². The van der Waals surface area contributed by atoms with E-state index >= 15 is 0 Å². The molecule has 0 saturated carbocycles. The Balaban J connectivity index is 1.56. The molecule has 1 aromatic heterocycles. The van der Waals surface area contributed by atoms with Crippen LogP contribution < -0.4 is 10.6 Å². The largest absolute Gasteiger partial charge is 0.467 e. The molecule has 0 atom stereocenters. The van der Waals surface area contributed by atoms with Crippen molar-refractivity contribution in [2.45, 2.75) is 13.5 Å². The fraction of sp³-hybridized carbons (Fsp3) is 0.0909. The number of halogens is 1. The van der Waals surface area contributed by atoms with Crippen LogP contribution in [0.1, 0.15) is 43.8 Å². The van der Waals surface area contributed by atoms with Crippen LogP contribution >= 0.6 is 0 Å². The van der Waals surface area contributed by atoms with Crippen molar-refractivity contribution in [2.24, 2.45) is 0 Å². The molecule has 0 fully saturated rings. The summed E-state index contributed by atoms with van der Waals surface area (Å²) in [4.78, 5) is 50.1. The second-order valence-electron chi connectivity index (χ2n) is 6.87. The number of nitrogens with zero attached hydrogens (tertiary/aromatic N) is 1. The smallest absolute Gasteiger partial charge is 0.261 e. The number of anilines is 2. The number of hydrogen-bond acceptors (Lipinski definition) is 5. The van der Waals surface area contributed by atoms with Crippen molar-refractivity contribution in [1.29, 1.82) is 0 Å². The molecule has 3 aromatic rings. The maximum absolute atomic E-state index is 14.1. The zero-order valence-corrected chi connectivity index (χ0v) is 16.3. The quantitative estimate of drug-likeness (QED) is 0.614. The highest BCUT2D eigenvalue weighted by Crippen LogP contribution is 2.27. The molecule has 0 aliphatic carbocycles. The van der Waals surface area contributed by atoms with Crippen LogP contribution in [0.25, 0.3) is 0 Å². The van der Waals surface area contributed by atoms with Gasteiger partial charge >= 0.3 is 0 Å². The lowest BCUT2D eigenvalue weighted by Gasteiger charge is -2.11. The first-order valence-electron chi connectivity index (χ1n) is 9.24. The van der Waals surface area contributed by atoms with Gasteiger partial charge in [0.15, 0.2) is 0 Å². The Morgan fingerprint density at radius 1 is 1.00 bits per heavy atom. The van der Waals surface area contributed by atoms with Gasteiger partial charge in [-0.2, -0.15) is 0 Å². The fourth-order valence-corrected chi connectivity index (χ4v) is 3.23. The zero-order chi connectivity index (χ0) is 22.1. The molecule has 1 aliphatic heterocycles. The lowest BCUT2D eigenvalue weighted by atomic mass is 10.1. The molecule has 2 aromatic carbocycles. The first-order chi connectivity index (χ1) is 14.8. The van der Waals surface area contributed by atoms with Gasteiger partial charge in [0.05, 0.1) is 29.6 Å². The Labute approximate surface area is 175 Å². The SMILES string of the molecule is CC(=O)Nc1ccc(F)c(NC(=O)c2ccc3c(c2)C(=O)N(Cc2ccco2)C3=O)c1. The van der Waals surface area contributed by atoms with Crippen LogP contribution in [0.15, 0.2) is 59.2 Å². The summed E-state index contributed by atoms with van der Waals surface area (Å²) in [7, 11) is 0. The summed E-state index contributed by atoms with van der Waals surface area (Å²) in [6.07, 6.45) is 1.44. The number of furan rings is 1. The highest BCUT2D eigenvalue weighted by molar-refractivity contribution is 6.22. The van der Waals surface area contributed by atoms with E-state index in [2.05, 4.69) is 10.6 Å². The molecule has 0 radical (unpaired) electrons. The molecule has 156 valence electrons. The Morgan fingerprint density at radius 2 is 1.77 bits per heavy atom. The summed E-state index contributed by atoms with van der Waals surface area (Å²) in [5.74, 6) is -2.31. The molecule has 4 rings (SSSR count). The van der Waals surface area contributed by atoms with Crippen molar-refractivity contribution >= 4 is 35.0 Å². The Morgan fingerprint density at radius 3 is 2.48 bits per heavy atom. The summed E-state index contributed by atoms with van der Waals surface area (Å²) in [5, 5.41) is 4.92. The van der Waals surface area contributed by atoms with Crippen LogP contribution in [0.2, 0.25) is 0 Å². The summed E-state index contributed by atoms with van der Waals surface area (Å²) in [5.41, 5.74) is 0.499. The van der Waals surface area contributed by atoms with E-state index in [1.165, 1.54) is 43.5 Å². The molecule has 31 heavy (non-hydrogen) atoms. The maximum Gasteiger partial charge on any atom is 0.261 e. The minimum Gasteiger partial charge on any atom is -0.467 e. The van der Waals surface area contributed by atoms with Crippen molar-refractivity contribution in [3.63, 3.8) is 0 Å². The average molecular weight is 421 g/mol. The predicted molar refractivity (Wildman–Crippen MR) is 108 cm³/mol. The third-order valence-corrected chi connectivity index (χ3v) is 4.66. The normalized spacial score (nSPS) is 12.6. The molecular formula is C22H16FN3O5. The first kappa shape index (κ1) is 20.0. The van der Waals surface area contributed by atoms with E-state index in [9.17, 15) is 23.6 Å². The number of nitrogens with one attached hydrogen (secondary N) is 2. The topological polar surface area (TPSA) is 109 Å². The minimum atomic E-state index is -0.695. The molecule has 4 amide bonds. The van der Waals surface area contributed by atoms with Crippen LogP contribution in [-0.2, 0) is 11.3 Å². The van der Waals surface area contributed by atoms with Gasteiger partial charge in [-0.05, 0) is 48.5 Å². The van der Waals surface area contributed by atoms with Gasteiger partial charge in [-0.15, -0.1) is 0 Å². The Kier molecular flexibility index (Phi) is 5.08. The van der Waals surface area contributed by atoms with Crippen LogP contribution in [0.3, 0.4) is 0 Å². The van der Waals surface area contributed by atoms with Gasteiger partial charge in [-0.25, -0.2) is 4.39 Å². The predicted octanol–water partition coefficient (Wildman–Crippen LogP) is 3.43. The van der Waals surface area contributed by atoms with Gasteiger partial charge in [0.25, 0.3) is 17.7 Å². The van der Waals surface area contributed by atoms with Gasteiger partial charge < -0.3 is 15.1 Å². The standard InChI is InChI=1S/C22H16FN3O5/c1-12(27)24-14-5-7-18(23)19(10-14)25-20(28)13-4-6-16-17(9-13)22(30)26(21(16)29)11-15-3-2-8-31-15/h2-10H,11H2,1H3,(H,24,27)(H,25,28). The van der Waals surface area contributed by atoms with Crippen LogP contribution in [0.4, 0.5) is 15.8 Å². The molecule has 0 bridgehead atoms. The Hall–Kier alpha value is -4.27. The molecule has 9 heteroatoms. The highest BCUT2D eigenvalue weighted by atomic mass is 19.1. The Bertz CT molecular complexity index is 1220. The summed E-state index contributed by atoms with van der Waals surface area (Å²) in [6, 6.07) is 11.1. The van der Waals surface area contributed by atoms with Crippen molar-refractivity contribution in [2.75, 3.05) is 10.6 Å². The molecular weight excluding hydrogens is 405 g/mol. The lowest BCUT2D eigenvalue weighted by molar-refractivity contribution is -0.114. The third-order valence-electron chi connectivity index (χ3n) is 4.66. The van der Waals surface area contributed by atoms with Gasteiger partial charge in [-0.3, -0.25) is 24.1 Å². The van der Waals surface area contributed by atoms with Gasteiger partial charge in [0.2, 0.25) is 5.91 Å². The van der Waals surface area contributed by atoms with Crippen molar-refractivity contribution < 1.29 is 28.0 Å². The van der Waals surface area contributed by atoms with Crippen molar-refractivity contribution in [3.8, 4) is 0 Å². The summed E-state index contributed by atoms with van der Waals surface area (Å²) < 4.78 is 19.3. The van der Waals surface area contributed by atoms with E-state index in [0.29, 0.717) is 11.4 Å². The molecule has 0 spiro atoms. The molecule has 2 heterocycles. The molecule has 1 aliphatic rings. The summed E-state index contributed by atoms with van der Waals surface area (Å²) in [6.45, 7) is 1.28. The van der Waals surface area contributed by atoms with E-state index in [1.807, 2.05) is 0 Å². The monoisotopic (exact) mass is 421 g/mol. The van der Waals surface area contributed by atoms with Gasteiger partial charge in [0.1, 0.15) is 11.6 Å². The fourth-order valence-electron chi connectivity index (χ4n) is 3.23. The lowest BCUT2D eigenvalue weighted by Crippen LogP contribution is -2.28. The number of benzene rings is 2. The third kappa shape index (κ3) is 3.93. The van der Waals surface area contributed by atoms with Crippen LogP contribution in [-0.4, -0.2) is 28.5 Å². The summed E-state index contributed by atoms with van der Waals surface area (Å²) >= 11 is 0. The van der Waals surface area contributed by atoms with E-state index in [4.69, 9.17) is 4.42 Å². The second-order valence-corrected chi connectivity index (χ2v) is 6.87. The van der Waals surface area contributed by atoms with E-state index in [-0.39, 0.29) is 34.8 Å². The maximum atomic E-state index is 14.1. The number of imide groups is 1. The molecule has 0 saturated heterocycles. The number of fused-ring (bicyclic) bond motifs is 1. The van der Waals surface area contributed by atoms with Crippen LogP contribution in [0, 0.1) is 5.82 Å². The molecule has 8 nitrogen and oxygen atoms in total. The van der Waals surface area contributed by atoms with Crippen molar-refractivity contribution in [1.82, 2.24) is 4.90 Å². The molecule has 0 unspecified atom stereocenters. The molecule has 2 N–H and O–H groups in total. The number of hydrogen-bond donors (Lipinski definition) is 2. The van der Waals surface area contributed by atoms with E-state index < -0.39 is 23.5 Å². The first-order valence-corrected chi connectivity index (χ1v) is 9.24. The van der Waals surface area contributed by atoms with E-state index in [0.717, 1.165) is 11.0 Å². The second kappa shape index (κ2) is 7.86. The minimum absolute atomic E-state index is 0.0258.